The van der Waals surface area contributed by atoms with Crippen LogP contribution in [0.1, 0.15) is 33.6 Å². The van der Waals surface area contributed by atoms with Crippen molar-refractivity contribution in [2.24, 2.45) is 5.92 Å². The van der Waals surface area contributed by atoms with Crippen molar-refractivity contribution >= 4 is 5.97 Å². The van der Waals surface area contributed by atoms with Crippen LogP contribution >= 0.6 is 0 Å². The van der Waals surface area contributed by atoms with Gasteiger partial charge in [0.2, 0.25) is 0 Å². The lowest BCUT2D eigenvalue weighted by Crippen LogP contribution is -2.12. The highest BCUT2D eigenvalue weighted by Gasteiger charge is 2.20. The van der Waals surface area contributed by atoms with Gasteiger partial charge in [0.25, 0.3) is 0 Å². The van der Waals surface area contributed by atoms with Gasteiger partial charge < -0.3 is 4.74 Å². The molecule has 3 heteroatoms. The molecule has 1 aliphatic rings. The molecule has 1 rings (SSSR count). The Labute approximate surface area is 96.4 Å². The molecular weight excluding hydrogens is 202 g/mol. The summed E-state index contributed by atoms with van der Waals surface area (Å²) in [5.41, 5.74) is 2.19. The highest BCUT2D eigenvalue weighted by atomic mass is 16.5. The molecule has 0 fully saturated rings. The van der Waals surface area contributed by atoms with E-state index in [9.17, 15) is 4.79 Å². The SMILES string of the molecule is CCOC(=O)/C(C#N)=C1/C=C(C)CC(C)C1. The van der Waals surface area contributed by atoms with Crippen molar-refractivity contribution in [2.75, 3.05) is 6.61 Å². The van der Waals surface area contributed by atoms with Crippen LogP contribution < -0.4 is 0 Å². The molecule has 1 unspecified atom stereocenters. The number of hydrogen-bond donors (Lipinski definition) is 0. The molecule has 16 heavy (non-hydrogen) atoms. The van der Waals surface area contributed by atoms with Crippen molar-refractivity contribution in [1.82, 2.24) is 0 Å². The zero-order valence-corrected chi connectivity index (χ0v) is 10.0. The fourth-order valence-electron chi connectivity index (χ4n) is 2.04. The number of rotatable bonds is 2. The van der Waals surface area contributed by atoms with Crippen LogP contribution in [0.25, 0.3) is 0 Å². The van der Waals surface area contributed by atoms with E-state index in [1.165, 1.54) is 5.57 Å². The summed E-state index contributed by atoms with van der Waals surface area (Å²) in [4.78, 5) is 11.6. The quantitative estimate of drug-likeness (QED) is 0.407. The Morgan fingerprint density at radius 2 is 2.31 bits per heavy atom. The van der Waals surface area contributed by atoms with E-state index < -0.39 is 5.97 Å². The predicted molar refractivity (Wildman–Crippen MR) is 61.4 cm³/mol. The Bertz CT molecular complexity index is 385. The van der Waals surface area contributed by atoms with Gasteiger partial charge in [0.1, 0.15) is 11.6 Å². The van der Waals surface area contributed by atoms with E-state index in [4.69, 9.17) is 10.00 Å². The first-order valence-corrected chi connectivity index (χ1v) is 5.56. The van der Waals surface area contributed by atoms with E-state index in [-0.39, 0.29) is 5.57 Å². The van der Waals surface area contributed by atoms with E-state index in [1.807, 2.05) is 19.1 Å². The Kier molecular flexibility index (Phi) is 4.30. The van der Waals surface area contributed by atoms with E-state index in [2.05, 4.69) is 6.92 Å². The van der Waals surface area contributed by atoms with Gasteiger partial charge in [-0.2, -0.15) is 5.26 Å². The summed E-state index contributed by atoms with van der Waals surface area (Å²) < 4.78 is 4.87. The fraction of sp³-hybridized carbons (Fsp3) is 0.538. The summed E-state index contributed by atoms with van der Waals surface area (Å²) in [7, 11) is 0. The Morgan fingerprint density at radius 3 is 2.81 bits per heavy atom. The average Bonchev–Trinajstić information content (AvgIpc) is 2.17. The van der Waals surface area contributed by atoms with E-state index in [0.717, 1.165) is 18.4 Å². The fourth-order valence-corrected chi connectivity index (χ4v) is 2.04. The van der Waals surface area contributed by atoms with Crippen molar-refractivity contribution in [1.29, 1.82) is 5.26 Å². The third-order valence-electron chi connectivity index (χ3n) is 2.57. The van der Waals surface area contributed by atoms with Crippen LogP contribution in [0.2, 0.25) is 0 Å². The number of ether oxygens (including phenoxy) is 1. The number of hydrogen-bond acceptors (Lipinski definition) is 3. The molecular formula is C13H17NO2. The van der Waals surface area contributed by atoms with E-state index in [0.29, 0.717) is 12.5 Å². The number of allylic oxidation sites excluding steroid dienone is 3. The van der Waals surface area contributed by atoms with Gasteiger partial charge in [0.15, 0.2) is 0 Å². The minimum Gasteiger partial charge on any atom is -0.462 e. The normalized spacial score (nSPS) is 23.1. The molecule has 0 bridgehead atoms. The third kappa shape index (κ3) is 2.96. The number of esters is 1. The second-order valence-corrected chi connectivity index (χ2v) is 4.24. The first kappa shape index (κ1) is 12.5. The maximum Gasteiger partial charge on any atom is 0.349 e. The Balaban J connectivity index is 3.05. The number of nitrogens with zero attached hydrogens (tertiary/aromatic N) is 1. The minimum absolute atomic E-state index is 0.160. The molecule has 0 saturated carbocycles. The number of carbonyl (C=O) groups excluding carboxylic acids is 1. The lowest BCUT2D eigenvalue weighted by molar-refractivity contribution is -0.138. The summed E-state index contributed by atoms with van der Waals surface area (Å²) >= 11 is 0. The van der Waals surface area contributed by atoms with Crippen LogP contribution in [0.4, 0.5) is 0 Å². The Morgan fingerprint density at radius 1 is 1.62 bits per heavy atom. The third-order valence-corrected chi connectivity index (χ3v) is 2.57. The molecule has 0 radical (unpaired) electrons. The van der Waals surface area contributed by atoms with Gasteiger partial charge in [-0.15, -0.1) is 0 Å². The molecule has 0 aromatic carbocycles. The first-order chi connectivity index (χ1) is 7.58. The van der Waals surface area contributed by atoms with Gasteiger partial charge in [-0.05, 0) is 38.2 Å². The second kappa shape index (κ2) is 5.50. The Hall–Kier alpha value is -1.56. The van der Waals surface area contributed by atoms with Gasteiger partial charge in [-0.3, -0.25) is 0 Å². The summed E-state index contributed by atoms with van der Waals surface area (Å²) in [6.45, 7) is 6.18. The molecule has 0 amide bonds. The van der Waals surface area contributed by atoms with Gasteiger partial charge in [-0.1, -0.05) is 18.6 Å². The molecule has 3 nitrogen and oxygen atoms in total. The van der Waals surface area contributed by atoms with Gasteiger partial charge in [0, 0.05) is 0 Å². The van der Waals surface area contributed by atoms with Crippen LogP contribution in [-0.2, 0) is 9.53 Å². The monoisotopic (exact) mass is 219 g/mol. The highest BCUT2D eigenvalue weighted by molar-refractivity contribution is 5.94. The highest BCUT2D eigenvalue weighted by Crippen LogP contribution is 2.29. The number of carbonyl (C=O) groups is 1. The van der Waals surface area contributed by atoms with Crippen molar-refractivity contribution in [2.45, 2.75) is 33.6 Å². The van der Waals surface area contributed by atoms with Gasteiger partial charge in [0.05, 0.1) is 6.61 Å². The zero-order valence-electron chi connectivity index (χ0n) is 10.0. The second-order valence-electron chi connectivity index (χ2n) is 4.24. The molecule has 0 aromatic heterocycles. The molecule has 0 aromatic rings. The van der Waals surface area contributed by atoms with Crippen LogP contribution in [0.15, 0.2) is 22.8 Å². The minimum atomic E-state index is -0.502. The smallest absolute Gasteiger partial charge is 0.349 e. The maximum atomic E-state index is 11.6. The van der Waals surface area contributed by atoms with E-state index >= 15 is 0 Å². The molecule has 0 saturated heterocycles. The molecule has 0 spiro atoms. The molecule has 1 aliphatic carbocycles. The molecule has 86 valence electrons. The first-order valence-electron chi connectivity index (χ1n) is 5.56. The topological polar surface area (TPSA) is 50.1 Å². The van der Waals surface area contributed by atoms with Crippen LogP contribution in [0.3, 0.4) is 0 Å². The van der Waals surface area contributed by atoms with Crippen molar-refractivity contribution < 1.29 is 9.53 Å². The van der Waals surface area contributed by atoms with Gasteiger partial charge in [-0.25, -0.2) is 4.79 Å². The van der Waals surface area contributed by atoms with Crippen molar-refractivity contribution in [3.05, 3.63) is 22.8 Å². The maximum absolute atomic E-state index is 11.6. The molecule has 1 atom stereocenters. The molecule has 0 aliphatic heterocycles. The molecule has 0 N–H and O–H groups in total. The lowest BCUT2D eigenvalue weighted by atomic mass is 9.86. The molecule has 0 heterocycles. The van der Waals surface area contributed by atoms with Crippen LogP contribution in [-0.4, -0.2) is 12.6 Å². The number of nitriles is 1. The van der Waals surface area contributed by atoms with E-state index in [1.54, 1.807) is 6.92 Å². The van der Waals surface area contributed by atoms with Crippen LogP contribution in [0.5, 0.6) is 0 Å². The largest absolute Gasteiger partial charge is 0.462 e. The van der Waals surface area contributed by atoms with Gasteiger partial charge >= 0.3 is 5.97 Å². The summed E-state index contributed by atoms with van der Waals surface area (Å²) in [6, 6.07) is 1.96. The zero-order chi connectivity index (χ0) is 12.1. The standard InChI is InChI=1S/C13H17NO2/c1-4-16-13(15)12(8-14)11-6-9(2)5-10(3)7-11/h6,10H,4-5,7H2,1-3H3/b12-11-. The summed E-state index contributed by atoms with van der Waals surface area (Å²) in [5.74, 6) is -0.0177. The lowest BCUT2D eigenvalue weighted by Gasteiger charge is -2.19. The summed E-state index contributed by atoms with van der Waals surface area (Å²) in [5, 5.41) is 9.01. The average molecular weight is 219 g/mol. The predicted octanol–water partition coefficient (Wildman–Crippen LogP) is 2.75. The van der Waals surface area contributed by atoms with Crippen molar-refractivity contribution in [3.63, 3.8) is 0 Å². The van der Waals surface area contributed by atoms with Crippen LogP contribution in [0, 0.1) is 17.2 Å². The van der Waals surface area contributed by atoms with Crippen molar-refractivity contribution in [3.8, 4) is 6.07 Å². The summed E-state index contributed by atoms with van der Waals surface area (Å²) in [6.07, 6.45) is 3.75.